The SMILES string of the molecule is CCC[CH2][Sn]([CH2]CCC)([CH2]CCC)[c]1ccc(-c2c(-c3ccccc3)n(-c3cc(CC(C)C)cc(C(C)(C)C)c3)c3ccccc23)s1. The van der Waals surface area contributed by atoms with E-state index >= 15 is 0 Å². The average molecular weight is 753 g/mol. The molecular weight excluding hydrogens is 693 g/mol. The Kier molecular flexibility index (Phi) is 12.2. The van der Waals surface area contributed by atoms with Crippen molar-refractivity contribution >= 4 is 43.5 Å². The monoisotopic (exact) mass is 753 g/mol. The number of benzene rings is 3. The van der Waals surface area contributed by atoms with Crippen molar-refractivity contribution in [3.05, 3.63) is 96.1 Å². The minimum atomic E-state index is -2.57. The molecule has 250 valence electrons. The van der Waals surface area contributed by atoms with E-state index in [1.165, 1.54) is 101 Å². The summed E-state index contributed by atoms with van der Waals surface area (Å²) >= 11 is -0.399. The van der Waals surface area contributed by atoms with Crippen molar-refractivity contribution in [1.29, 1.82) is 0 Å². The van der Waals surface area contributed by atoms with Gasteiger partial charge in [0.15, 0.2) is 0 Å². The fourth-order valence-electron chi connectivity index (χ4n) is 7.50. The second-order valence-electron chi connectivity index (χ2n) is 15.4. The molecule has 5 rings (SSSR count). The molecule has 0 aliphatic rings. The Bertz CT molecular complexity index is 1710. The zero-order valence-corrected chi connectivity index (χ0v) is 34.3. The van der Waals surface area contributed by atoms with E-state index in [9.17, 15) is 0 Å². The molecule has 2 aromatic heterocycles. The minimum absolute atomic E-state index is 0.0644. The number of fused-ring (bicyclic) bond motifs is 1. The molecule has 3 heteroatoms. The fourth-order valence-corrected chi connectivity index (χ4v) is 27.7. The van der Waals surface area contributed by atoms with Crippen LogP contribution in [0.15, 0.2) is 84.9 Å². The van der Waals surface area contributed by atoms with E-state index < -0.39 is 18.4 Å². The molecule has 0 N–H and O–H groups in total. The number of unbranched alkanes of at least 4 members (excludes halogenated alkanes) is 3. The van der Waals surface area contributed by atoms with E-state index in [1.807, 2.05) is 2.89 Å². The zero-order chi connectivity index (χ0) is 33.6. The van der Waals surface area contributed by atoms with Gasteiger partial charge in [-0.1, -0.05) is 0 Å². The molecule has 0 spiro atoms. The van der Waals surface area contributed by atoms with Crippen LogP contribution in [0.4, 0.5) is 0 Å². The Balaban J connectivity index is 1.80. The van der Waals surface area contributed by atoms with Gasteiger partial charge in [0.2, 0.25) is 0 Å². The average Bonchev–Trinajstić information content (AvgIpc) is 3.68. The van der Waals surface area contributed by atoms with Crippen LogP contribution in [0.5, 0.6) is 0 Å². The van der Waals surface area contributed by atoms with Crippen molar-refractivity contribution in [2.75, 3.05) is 0 Å². The van der Waals surface area contributed by atoms with Crippen molar-refractivity contribution in [3.8, 4) is 27.4 Å². The first-order chi connectivity index (χ1) is 22.6. The van der Waals surface area contributed by atoms with E-state index in [1.54, 1.807) is 0 Å². The molecule has 0 amide bonds. The number of para-hydroxylation sites is 1. The van der Waals surface area contributed by atoms with Crippen LogP contribution in [0, 0.1) is 5.92 Å². The predicted molar refractivity (Wildman–Crippen MR) is 214 cm³/mol. The van der Waals surface area contributed by atoms with Crippen LogP contribution < -0.4 is 2.89 Å². The molecule has 0 bridgehead atoms. The summed E-state index contributed by atoms with van der Waals surface area (Å²) in [4.78, 5) is 1.45. The summed E-state index contributed by atoms with van der Waals surface area (Å²) in [5, 5.41) is 1.36. The van der Waals surface area contributed by atoms with Gasteiger partial charge in [0, 0.05) is 0 Å². The molecule has 0 fully saturated rings. The zero-order valence-electron chi connectivity index (χ0n) is 30.6. The first kappa shape index (κ1) is 36.0. The summed E-state index contributed by atoms with van der Waals surface area (Å²) in [6.07, 6.45) is 9.21. The molecule has 5 aromatic rings. The van der Waals surface area contributed by atoms with E-state index in [-0.39, 0.29) is 5.41 Å². The molecule has 0 unspecified atom stereocenters. The Morgan fingerprint density at radius 2 is 1.34 bits per heavy atom. The molecule has 0 atom stereocenters. The number of aromatic nitrogens is 1. The van der Waals surface area contributed by atoms with Crippen molar-refractivity contribution < 1.29 is 0 Å². The van der Waals surface area contributed by atoms with Crippen molar-refractivity contribution in [3.63, 3.8) is 0 Å². The van der Waals surface area contributed by atoms with Crippen LogP contribution in [0.2, 0.25) is 13.3 Å². The first-order valence-corrected chi connectivity index (χ1v) is 26.9. The van der Waals surface area contributed by atoms with Crippen LogP contribution in [0.1, 0.15) is 105 Å². The second-order valence-corrected chi connectivity index (χ2v) is 30.7. The molecule has 0 aliphatic heterocycles. The molecule has 1 nitrogen and oxygen atoms in total. The third-order valence-corrected chi connectivity index (χ3v) is 29.4. The van der Waals surface area contributed by atoms with E-state index in [4.69, 9.17) is 0 Å². The molecule has 3 aromatic carbocycles. The summed E-state index contributed by atoms with van der Waals surface area (Å²) in [6, 6.07) is 32.9. The summed E-state index contributed by atoms with van der Waals surface area (Å²) in [6.45, 7) is 18.9. The van der Waals surface area contributed by atoms with E-state index in [0.717, 1.165) is 6.42 Å². The third-order valence-electron chi connectivity index (χ3n) is 10.1. The first-order valence-electron chi connectivity index (χ1n) is 18.6. The van der Waals surface area contributed by atoms with Gasteiger partial charge in [0.25, 0.3) is 0 Å². The maximum atomic E-state index is 2.61. The summed E-state index contributed by atoms with van der Waals surface area (Å²) < 4.78 is 8.94. The van der Waals surface area contributed by atoms with Gasteiger partial charge in [-0.2, -0.15) is 0 Å². The van der Waals surface area contributed by atoms with Crippen LogP contribution in [0.25, 0.3) is 38.3 Å². The van der Waals surface area contributed by atoms with Crippen molar-refractivity contribution in [1.82, 2.24) is 4.57 Å². The van der Waals surface area contributed by atoms with Gasteiger partial charge in [-0.05, 0) is 0 Å². The number of hydrogen-bond donors (Lipinski definition) is 0. The van der Waals surface area contributed by atoms with Crippen molar-refractivity contribution in [2.45, 2.75) is 119 Å². The molecular formula is C44H59NSSn. The van der Waals surface area contributed by atoms with Crippen molar-refractivity contribution in [2.24, 2.45) is 5.92 Å². The topological polar surface area (TPSA) is 4.93 Å². The Morgan fingerprint density at radius 1 is 0.723 bits per heavy atom. The molecule has 0 saturated carbocycles. The maximum absolute atomic E-state index is 2.61. The third kappa shape index (κ3) is 8.13. The standard InChI is InChI=1S/C32H32NS.3C4H9.Sn/c1-22(2)18-23-19-25(32(3,4)5)21-26(20-23)33-28-15-10-9-14-27(28)30(29-16-11-17-34-29)31(33)24-12-7-6-8-13-24;3*1-3-4-2;/h6-16,19-22H,18H2,1-5H3;3*1,3-4H2,2H3;. The second kappa shape index (κ2) is 15.9. The molecule has 0 aliphatic carbocycles. The van der Waals surface area contributed by atoms with E-state index in [2.05, 4.69) is 156 Å². The quantitative estimate of drug-likeness (QED) is 0.0939. The van der Waals surface area contributed by atoms with Gasteiger partial charge >= 0.3 is 296 Å². The fraction of sp³-hybridized carbons (Fsp3) is 0.455. The summed E-state index contributed by atoms with van der Waals surface area (Å²) in [7, 11) is 0. The molecule has 47 heavy (non-hydrogen) atoms. The number of thiophene rings is 1. The van der Waals surface area contributed by atoms with Crippen LogP contribution >= 0.6 is 11.3 Å². The number of nitrogens with zero attached hydrogens (tertiary/aromatic N) is 1. The summed E-state index contributed by atoms with van der Waals surface area (Å²) in [5.41, 5.74) is 9.52. The van der Waals surface area contributed by atoms with Gasteiger partial charge in [0.05, 0.1) is 0 Å². The van der Waals surface area contributed by atoms with Gasteiger partial charge in [-0.25, -0.2) is 0 Å². The predicted octanol–water partition coefficient (Wildman–Crippen LogP) is 13.6. The van der Waals surface area contributed by atoms with Gasteiger partial charge in [-0.3, -0.25) is 0 Å². The number of rotatable bonds is 15. The van der Waals surface area contributed by atoms with Crippen LogP contribution in [-0.2, 0) is 11.8 Å². The number of hydrogen-bond acceptors (Lipinski definition) is 1. The van der Waals surface area contributed by atoms with Crippen LogP contribution in [-0.4, -0.2) is 22.9 Å². The van der Waals surface area contributed by atoms with Gasteiger partial charge in [-0.15, -0.1) is 0 Å². The molecule has 0 radical (unpaired) electrons. The Morgan fingerprint density at radius 3 is 1.94 bits per heavy atom. The Labute approximate surface area is 294 Å². The Hall–Kier alpha value is -2.30. The van der Waals surface area contributed by atoms with Crippen LogP contribution in [0.3, 0.4) is 0 Å². The van der Waals surface area contributed by atoms with Gasteiger partial charge < -0.3 is 0 Å². The molecule has 0 saturated heterocycles. The van der Waals surface area contributed by atoms with Gasteiger partial charge in [0.1, 0.15) is 0 Å². The van der Waals surface area contributed by atoms with E-state index in [0.29, 0.717) is 5.92 Å². The normalized spacial score (nSPS) is 12.4. The molecule has 2 heterocycles. The summed E-state index contributed by atoms with van der Waals surface area (Å²) in [5.74, 6) is 0.605.